The normalized spacial score (nSPS) is 12.5. The van der Waals surface area contributed by atoms with Crippen LogP contribution in [0.2, 0.25) is 0 Å². The number of rotatable bonds is 6. The molecule has 0 aliphatic rings. The molecule has 0 amide bonds. The van der Waals surface area contributed by atoms with Gasteiger partial charge < -0.3 is 5.11 Å². The summed E-state index contributed by atoms with van der Waals surface area (Å²) < 4.78 is 1.47. The van der Waals surface area contributed by atoms with E-state index in [1.54, 1.807) is 6.20 Å². The Kier molecular flexibility index (Phi) is 4.70. The van der Waals surface area contributed by atoms with Gasteiger partial charge >= 0.3 is 5.97 Å². The first kappa shape index (κ1) is 15.2. The maximum absolute atomic E-state index is 12.0. The van der Waals surface area contributed by atoms with Crippen molar-refractivity contribution >= 4 is 11.6 Å². The van der Waals surface area contributed by atoms with Crippen molar-refractivity contribution in [3.8, 4) is 0 Å². The summed E-state index contributed by atoms with van der Waals surface area (Å²) in [6.45, 7) is 4.12. The lowest BCUT2D eigenvalue weighted by Crippen LogP contribution is -2.36. The summed E-state index contributed by atoms with van der Waals surface area (Å²) in [6.07, 6.45) is 3.01. The smallest absolute Gasteiger partial charge is 0.320 e. The van der Waals surface area contributed by atoms with Gasteiger partial charge in [0.05, 0.1) is 5.69 Å². The second kappa shape index (κ2) is 6.49. The number of hydrogen-bond donors (Lipinski definition) is 2. The van der Waals surface area contributed by atoms with Crippen LogP contribution in [0.4, 0.5) is 0 Å². The molecule has 2 aromatic heterocycles. The molecule has 2 rings (SSSR count). The van der Waals surface area contributed by atoms with Crippen LogP contribution in [-0.4, -0.2) is 26.5 Å². The number of fused-ring (bicyclic) bond motifs is 1. The lowest BCUT2D eigenvalue weighted by atomic mass is 10.1. The third-order valence-corrected chi connectivity index (χ3v) is 3.28. The van der Waals surface area contributed by atoms with Gasteiger partial charge in [0, 0.05) is 18.8 Å². The Morgan fingerprint density at radius 2 is 2.24 bits per heavy atom. The molecule has 2 N–H and O–H groups in total. The molecule has 112 valence electrons. The molecule has 2 heterocycles. The van der Waals surface area contributed by atoms with Gasteiger partial charge in [-0.3, -0.25) is 19.3 Å². The van der Waals surface area contributed by atoms with Gasteiger partial charge in [0.1, 0.15) is 11.7 Å². The molecule has 0 fully saturated rings. The lowest BCUT2D eigenvalue weighted by molar-refractivity contribution is -0.139. The molecular weight excluding hydrogens is 270 g/mol. The highest BCUT2D eigenvalue weighted by atomic mass is 16.4. The third-order valence-electron chi connectivity index (χ3n) is 3.28. The largest absolute Gasteiger partial charge is 0.480 e. The van der Waals surface area contributed by atoms with E-state index in [-0.39, 0.29) is 12.1 Å². The molecule has 6 nitrogen and oxygen atoms in total. The standard InChI is InChI=1S/C15H19N3O3/c1-3-4-12(15(20)21)16-9-11-8-14(19)18-6-5-10(2)7-13(18)17-11/h5-8,12,16H,3-4,9H2,1-2H3,(H,20,21). The van der Waals surface area contributed by atoms with E-state index in [9.17, 15) is 9.59 Å². The molecule has 0 aliphatic heterocycles. The average molecular weight is 289 g/mol. The molecule has 0 spiro atoms. The van der Waals surface area contributed by atoms with E-state index >= 15 is 0 Å². The zero-order chi connectivity index (χ0) is 15.4. The van der Waals surface area contributed by atoms with Gasteiger partial charge in [-0.1, -0.05) is 13.3 Å². The van der Waals surface area contributed by atoms with Crippen molar-refractivity contribution in [3.63, 3.8) is 0 Å². The molecule has 0 bridgehead atoms. The number of carboxylic acids is 1. The number of aryl methyl sites for hydroxylation is 1. The van der Waals surface area contributed by atoms with Crippen molar-refractivity contribution in [2.45, 2.75) is 39.3 Å². The van der Waals surface area contributed by atoms with E-state index in [1.807, 2.05) is 26.0 Å². The highest BCUT2D eigenvalue weighted by Gasteiger charge is 2.15. The number of nitrogens with zero attached hydrogens (tertiary/aromatic N) is 2. The molecule has 21 heavy (non-hydrogen) atoms. The van der Waals surface area contributed by atoms with Crippen LogP contribution in [0.25, 0.3) is 5.65 Å². The molecule has 1 unspecified atom stereocenters. The Bertz CT molecular complexity index is 709. The highest BCUT2D eigenvalue weighted by Crippen LogP contribution is 2.04. The Morgan fingerprint density at radius 3 is 2.90 bits per heavy atom. The highest BCUT2D eigenvalue weighted by molar-refractivity contribution is 5.73. The summed E-state index contributed by atoms with van der Waals surface area (Å²) in [6, 6.07) is 4.48. The third kappa shape index (κ3) is 3.66. The molecule has 0 radical (unpaired) electrons. The van der Waals surface area contributed by atoms with Crippen LogP contribution < -0.4 is 10.9 Å². The van der Waals surface area contributed by atoms with Crippen molar-refractivity contribution in [3.05, 3.63) is 46.0 Å². The molecular formula is C15H19N3O3. The Balaban J connectivity index is 2.22. The van der Waals surface area contributed by atoms with Crippen molar-refractivity contribution in [2.24, 2.45) is 0 Å². The minimum Gasteiger partial charge on any atom is -0.480 e. The molecule has 6 heteroatoms. The summed E-state index contributed by atoms with van der Waals surface area (Å²) in [5.74, 6) is -0.884. The second-order valence-electron chi connectivity index (χ2n) is 5.08. The monoisotopic (exact) mass is 289 g/mol. The van der Waals surface area contributed by atoms with Crippen molar-refractivity contribution in [2.75, 3.05) is 0 Å². The number of hydrogen-bond acceptors (Lipinski definition) is 4. The van der Waals surface area contributed by atoms with Gasteiger partial charge in [-0.25, -0.2) is 4.98 Å². The maximum atomic E-state index is 12.0. The zero-order valence-corrected chi connectivity index (χ0v) is 12.2. The minimum absolute atomic E-state index is 0.167. The number of pyridine rings is 1. The number of aromatic nitrogens is 2. The van der Waals surface area contributed by atoms with Gasteiger partial charge in [-0.15, -0.1) is 0 Å². The fraction of sp³-hybridized carbons (Fsp3) is 0.400. The van der Waals surface area contributed by atoms with E-state index in [0.29, 0.717) is 17.8 Å². The van der Waals surface area contributed by atoms with E-state index in [1.165, 1.54) is 10.5 Å². The van der Waals surface area contributed by atoms with Crippen molar-refractivity contribution < 1.29 is 9.90 Å². The minimum atomic E-state index is -0.884. The fourth-order valence-corrected chi connectivity index (χ4v) is 2.17. The van der Waals surface area contributed by atoms with Crippen LogP contribution >= 0.6 is 0 Å². The molecule has 1 atom stereocenters. The molecule has 0 aromatic carbocycles. The maximum Gasteiger partial charge on any atom is 0.320 e. The number of carboxylic acid groups (broad SMARTS) is 1. The van der Waals surface area contributed by atoms with E-state index in [2.05, 4.69) is 10.3 Å². The summed E-state index contributed by atoms with van der Waals surface area (Å²) in [5, 5.41) is 12.0. The molecule has 0 saturated carbocycles. The van der Waals surface area contributed by atoms with Crippen LogP contribution in [0.1, 0.15) is 31.0 Å². The van der Waals surface area contributed by atoms with E-state index < -0.39 is 12.0 Å². The topological polar surface area (TPSA) is 83.7 Å². The van der Waals surface area contributed by atoms with Gasteiger partial charge in [-0.05, 0) is 31.0 Å². The summed E-state index contributed by atoms with van der Waals surface area (Å²) >= 11 is 0. The van der Waals surface area contributed by atoms with Gasteiger partial charge in [0.15, 0.2) is 0 Å². The zero-order valence-electron chi connectivity index (χ0n) is 12.2. The predicted molar refractivity (Wildman–Crippen MR) is 79.4 cm³/mol. The molecule has 2 aromatic rings. The van der Waals surface area contributed by atoms with Crippen molar-refractivity contribution in [1.82, 2.24) is 14.7 Å². The Hall–Kier alpha value is -2.21. The Morgan fingerprint density at radius 1 is 1.48 bits per heavy atom. The summed E-state index contributed by atoms with van der Waals surface area (Å²) in [7, 11) is 0. The van der Waals surface area contributed by atoms with Crippen LogP contribution in [0.3, 0.4) is 0 Å². The van der Waals surface area contributed by atoms with Crippen LogP contribution in [0.15, 0.2) is 29.2 Å². The lowest BCUT2D eigenvalue weighted by Gasteiger charge is -2.13. The number of carbonyl (C=O) groups is 1. The summed E-state index contributed by atoms with van der Waals surface area (Å²) in [5.41, 5.74) is 1.97. The summed E-state index contributed by atoms with van der Waals surface area (Å²) in [4.78, 5) is 27.5. The first-order valence-corrected chi connectivity index (χ1v) is 6.96. The van der Waals surface area contributed by atoms with Crippen molar-refractivity contribution in [1.29, 1.82) is 0 Å². The van der Waals surface area contributed by atoms with Gasteiger partial charge in [0.25, 0.3) is 5.56 Å². The van der Waals surface area contributed by atoms with E-state index in [4.69, 9.17) is 5.11 Å². The molecule has 0 saturated heterocycles. The van der Waals surface area contributed by atoms with Gasteiger partial charge in [-0.2, -0.15) is 0 Å². The first-order chi connectivity index (χ1) is 10.0. The average Bonchev–Trinajstić information content (AvgIpc) is 2.42. The predicted octanol–water partition coefficient (Wildman–Crippen LogP) is 1.35. The Labute approximate surface area is 122 Å². The fourth-order valence-electron chi connectivity index (χ4n) is 2.17. The first-order valence-electron chi connectivity index (χ1n) is 6.96. The van der Waals surface area contributed by atoms with E-state index in [0.717, 1.165) is 12.0 Å². The second-order valence-corrected chi connectivity index (χ2v) is 5.08. The SMILES string of the molecule is CCCC(NCc1cc(=O)n2ccc(C)cc2n1)C(=O)O. The number of aliphatic carboxylic acids is 1. The van der Waals surface area contributed by atoms with Crippen LogP contribution in [-0.2, 0) is 11.3 Å². The van der Waals surface area contributed by atoms with Gasteiger partial charge in [0.2, 0.25) is 0 Å². The van der Waals surface area contributed by atoms with Crippen LogP contribution in [0.5, 0.6) is 0 Å². The quantitative estimate of drug-likeness (QED) is 0.838. The van der Waals surface area contributed by atoms with Crippen LogP contribution in [0, 0.1) is 6.92 Å². The number of nitrogens with one attached hydrogen (secondary N) is 1. The molecule has 0 aliphatic carbocycles.